The van der Waals surface area contributed by atoms with Gasteiger partial charge in [-0.1, -0.05) is 116 Å². The summed E-state index contributed by atoms with van der Waals surface area (Å²) in [7, 11) is 3.36. The summed E-state index contributed by atoms with van der Waals surface area (Å²) < 4.78 is 10.3. The van der Waals surface area contributed by atoms with Gasteiger partial charge < -0.3 is 9.47 Å². The maximum atomic E-state index is 11.0. The normalized spacial score (nSPS) is 12.2. The lowest BCUT2D eigenvalue weighted by molar-refractivity contribution is -0.140. The monoisotopic (exact) mass is 412 g/mol. The van der Waals surface area contributed by atoms with Crippen LogP contribution in [0.15, 0.2) is 0 Å². The molecule has 3 heteroatoms. The zero-order valence-electron chi connectivity index (χ0n) is 20.2. The highest BCUT2D eigenvalue weighted by molar-refractivity contribution is 5.68. The molecule has 29 heavy (non-hydrogen) atoms. The minimum absolute atomic E-state index is 0.0698. The van der Waals surface area contributed by atoms with Gasteiger partial charge in [-0.15, -0.1) is 0 Å². The highest BCUT2D eigenvalue weighted by Gasteiger charge is 2.06. The Labute approximate surface area is 182 Å². The quantitative estimate of drug-likeness (QED) is 0.125. The Bertz CT molecular complexity index is 330. The largest absolute Gasteiger partial charge is 0.469 e. The Hall–Kier alpha value is -0.570. The van der Waals surface area contributed by atoms with E-state index in [1.807, 2.05) is 7.11 Å². The molecule has 0 fully saturated rings. The third-order valence-electron chi connectivity index (χ3n) is 6.10. The molecule has 0 bridgehead atoms. The maximum absolute atomic E-state index is 11.0. The number of hydrogen-bond acceptors (Lipinski definition) is 3. The first-order valence-electron chi connectivity index (χ1n) is 12.8. The Morgan fingerprint density at radius 2 is 0.966 bits per heavy atom. The second-order valence-electron chi connectivity index (χ2n) is 8.77. The number of esters is 1. The molecule has 0 saturated heterocycles. The van der Waals surface area contributed by atoms with E-state index in [0.29, 0.717) is 12.5 Å². The van der Waals surface area contributed by atoms with E-state index >= 15 is 0 Å². The predicted octanol–water partition coefficient (Wildman–Crippen LogP) is 8.39. The van der Waals surface area contributed by atoms with Crippen molar-refractivity contribution >= 4 is 5.97 Å². The van der Waals surface area contributed by atoms with E-state index in [1.165, 1.54) is 123 Å². The van der Waals surface area contributed by atoms with Gasteiger partial charge in [-0.05, 0) is 19.3 Å². The summed E-state index contributed by atoms with van der Waals surface area (Å²) in [5.41, 5.74) is 0. The lowest BCUT2D eigenvalue weighted by atomic mass is 10.0. The molecule has 0 aromatic carbocycles. The fourth-order valence-corrected chi connectivity index (χ4v) is 4.04. The standard InChI is InChI=1S/C26H52O3/c1-4-5-6-7-13-16-19-22-25(28-2)23-20-17-14-11-9-8-10-12-15-18-21-24-26(27)29-3/h25H,4-24H2,1-3H3/t25-/m1/s1. The second kappa shape index (κ2) is 23.7. The fourth-order valence-electron chi connectivity index (χ4n) is 4.04. The van der Waals surface area contributed by atoms with E-state index in [-0.39, 0.29) is 5.97 Å². The van der Waals surface area contributed by atoms with Crippen molar-refractivity contribution in [3.8, 4) is 0 Å². The maximum Gasteiger partial charge on any atom is 0.305 e. The number of carbonyl (C=O) groups excluding carboxylic acids is 1. The minimum atomic E-state index is -0.0698. The van der Waals surface area contributed by atoms with Crippen LogP contribution < -0.4 is 0 Å². The first-order chi connectivity index (χ1) is 14.2. The summed E-state index contributed by atoms with van der Waals surface area (Å²) in [5, 5.41) is 0. The molecule has 0 radical (unpaired) electrons. The Kier molecular flexibility index (Phi) is 23.2. The molecule has 3 nitrogen and oxygen atoms in total. The van der Waals surface area contributed by atoms with Crippen LogP contribution in [0.4, 0.5) is 0 Å². The molecular weight excluding hydrogens is 360 g/mol. The topological polar surface area (TPSA) is 35.5 Å². The van der Waals surface area contributed by atoms with Crippen LogP contribution in [0.5, 0.6) is 0 Å². The van der Waals surface area contributed by atoms with Gasteiger partial charge in [-0.25, -0.2) is 0 Å². The average Bonchev–Trinajstić information content (AvgIpc) is 2.74. The number of rotatable bonds is 23. The van der Waals surface area contributed by atoms with Crippen molar-refractivity contribution in [2.45, 2.75) is 148 Å². The third kappa shape index (κ3) is 21.9. The molecule has 0 aliphatic rings. The molecule has 0 amide bonds. The average molecular weight is 413 g/mol. The highest BCUT2D eigenvalue weighted by atomic mass is 16.5. The Morgan fingerprint density at radius 3 is 1.34 bits per heavy atom. The van der Waals surface area contributed by atoms with E-state index in [1.54, 1.807) is 0 Å². The highest BCUT2D eigenvalue weighted by Crippen LogP contribution is 2.17. The third-order valence-corrected chi connectivity index (χ3v) is 6.10. The summed E-state index contributed by atoms with van der Waals surface area (Å²) in [4.78, 5) is 11.0. The summed E-state index contributed by atoms with van der Waals surface area (Å²) in [6, 6.07) is 0. The zero-order chi connectivity index (χ0) is 21.4. The molecule has 0 saturated carbocycles. The second-order valence-corrected chi connectivity index (χ2v) is 8.77. The molecule has 0 aromatic heterocycles. The Balaban J connectivity index is 3.28. The number of methoxy groups -OCH3 is 2. The number of hydrogen-bond donors (Lipinski definition) is 0. The van der Waals surface area contributed by atoms with Crippen LogP contribution in [-0.4, -0.2) is 26.3 Å². The molecule has 0 aliphatic heterocycles. The molecule has 1 atom stereocenters. The molecule has 0 aliphatic carbocycles. The summed E-state index contributed by atoms with van der Waals surface area (Å²) in [5.74, 6) is -0.0698. The molecular formula is C26H52O3. The van der Waals surface area contributed by atoms with Gasteiger partial charge in [0, 0.05) is 13.5 Å². The first kappa shape index (κ1) is 28.4. The van der Waals surface area contributed by atoms with Crippen molar-refractivity contribution in [2.24, 2.45) is 0 Å². The summed E-state index contributed by atoms with van der Waals surface area (Å²) in [6.07, 6.45) is 27.6. The van der Waals surface area contributed by atoms with Gasteiger partial charge in [-0.2, -0.15) is 0 Å². The van der Waals surface area contributed by atoms with Gasteiger partial charge in [0.1, 0.15) is 0 Å². The van der Waals surface area contributed by atoms with Crippen molar-refractivity contribution in [1.82, 2.24) is 0 Å². The van der Waals surface area contributed by atoms with Crippen LogP contribution in [0.3, 0.4) is 0 Å². The van der Waals surface area contributed by atoms with Crippen LogP contribution in [-0.2, 0) is 14.3 Å². The first-order valence-corrected chi connectivity index (χ1v) is 12.8. The van der Waals surface area contributed by atoms with E-state index in [9.17, 15) is 4.79 Å². The van der Waals surface area contributed by atoms with Crippen molar-refractivity contribution < 1.29 is 14.3 Å². The lowest BCUT2D eigenvalue weighted by Crippen LogP contribution is -2.10. The SMILES string of the molecule is CCCCCCCCC[C@H](CCCCCCCCCCCCCC(=O)OC)OC. The lowest BCUT2D eigenvalue weighted by Gasteiger charge is -2.15. The number of carbonyl (C=O) groups is 1. The van der Waals surface area contributed by atoms with Gasteiger partial charge in [0.05, 0.1) is 13.2 Å². The molecule has 0 rings (SSSR count). The summed E-state index contributed by atoms with van der Waals surface area (Å²) in [6.45, 7) is 2.28. The molecule has 0 heterocycles. The molecule has 0 aromatic rings. The van der Waals surface area contributed by atoms with Gasteiger partial charge in [0.2, 0.25) is 0 Å². The van der Waals surface area contributed by atoms with Crippen molar-refractivity contribution in [3.05, 3.63) is 0 Å². The fraction of sp³-hybridized carbons (Fsp3) is 0.962. The zero-order valence-corrected chi connectivity index (χ0v) is 20.2. The van der Waals surface area contributed by atoms with Crippen LogP contribution >= 0.6 is 0 Å². The van der Waals surface area contributed by atoms with Crippen molar-refractivity contribution in [2.75, 3.05) is 14.2 Å². The van der Waals surface area contributed by atoms with Gasteiger partial charge in [0.15, 0.2) is 0 Å². The molecule has 0 unspecified atom stereocenters. The van der Waals surface area contributed by atoms with Crippen LogP contribution in [0, 0.1) is 0 Å². The van der Waals surface area contributed by atoms with Gasteiger partial charge in [-0.3, -0.25) is 4.79 Å². The van der Waals surface area contributed by atoms with E-state index in [4.69, 9.17) is 4.74 Å². The van der Waals surface area contributed by atoms with E-state index < -0.39 is 0 Å². The molecule has 0 N–H and O–H groups in total. The van der Waals surface area contributed by atoms with Crippen molar-refractivity contribution in [3.63, 3.8) is 0 Å². The van der Waals surface area contributed by atoms with E-state index in [2.05, 4.69) is 11.7 Å². The van der Waals surface area contributed by atoms with Crippen LogP contribution in [0.1, 0.15) is 142 Å². The van der Waals surface area contributed by atoms with Crippen LogP contribution in [0.2, 0.25) is 0 Å². The predicted molar refractivity (Wildman–Crippen MR) is 125 cm³/mol. The van der Waals surface area contributed by atoms with Crippen LogP contribution in [0.25, 0.3) is 0 Å². The number of ether oxygens (including phenoxy) is 2. The minimum Gasteiger partial charge on any atom is -0.469 e. The van der Waals surface area contributed by atoms with E-state index in [0.717, 1.165) is 12.8 Å². The molecule has 0 spiro atoms. The van der Waals surface area contributed by atoms with Gasteiger partial charge in [0.25, 0.3) is 0 Å². The summed E-state index contributed by atoms with van der Waals surface area (Å²) >= 11 is 0. The smallest absolute Gasteiger partial charge is 0.305 e. The van der Waals surface area contributed by atoms with Gasteiger partial charge >= 0.3 is 5.97 Å². The van der Waals surface area contributed by atoms with Crippen molar-refractivity contribution in [1.29, 1.82) is 0 Å². The molecule has 174 valence electrons. The Morgan fingerprint density at radius 1 is 0.586 bits per heavy atom. The number of unbranched alkanes of at least 4 members (excludes halogenated alkanes) is 16.